The molecule has 0 aliphatic rings. The Morgan fingerprint density at radius 2 is 1.02 bits per heavy atom. The van der Waals surface area contributed by atoms with Gasteiger partial charge in [0.1, 0.15) is 19.0 Å². The first-order valence-corrected chi connectivity index (χ1v) is 15.4. The van der Waals surface area contributed by atoms with Crippen molar-refractivity contribution in [2.75, 3.05) is 52.9 Å². The number of ketones is 3. The molecule has 8 heteroatoms. The Bertz CT molecular complexity index is 718. The number of carbonyl (C=O) groups excluding carboxylic acids is 3. The molecule has 1 unspecified atom stereocenters. The first-order valence-electron chi connectivity index (χ1n) is 15.4. The zero-order valence-corrected chi connectivity index (χ0v) is 26.1. The Morgan fingerprint density at radius 3 is 1.48 bits per heavy atom. The predicted molar refractivity (Wildman–Crippen MR) is 185 cm³/mol. The van der Waals surface area contributed by atoms with Crippen LogP contribution in [-0.4, -0.2) is 75.7 Å². The Morgan fingerprint density at radius 1 is 0.591 bits per heavy atom. The molecule has 0 N–H and O–H groups in total. The van der Waals surface area contributed by atoms with Crippen molar-refractivity contribution < 1.29 is 33.3 Å². The number of unbranched alkanes of at least 4 members (excludes halogenated alkanes) is 3. The molecule has 0 aromatic rings. The van der Waals surface area contributed by atoms with Crippen molar-refractivity contribution in [3.05, 3.63) is 11.4 Å². The normalized spacial score (nSPS) is 11.8. The first-order chi connectivity index (χ1) is 19.1. The third-order valence-electron chi connectivity index (χ3n) is 7.15. The van der Waals surface area contributed by atoms with E-state index in [1.807, 2.05) is 20.8 Å². The van der Waals surface area contributed by atoms with Gasteiger partial charge in [-0.3, -0.25) is 14.4 Å². The SMILES string of the molecule is C.C.C.C.[C-]#[N+]C(C)(CCC(=O)CCCOCCOCC(=O)CCCOCCOCC(=O)CCCCCCC(C)C)C(C)C. The quantitative estimate of drug-likeness (QED) is 0.0601. The van der Waals surface area contributed by atoms with E-state index in [0.29, 0.717) is 84.6 Å². The standard InChI is InChI=1S/C32H57NO7.4CH4/c1-27(2)13-9-7-8-10-14-30(35)25-39-23-22-38-20-12-16-31(36)26-40-24-21-37-19-11-15-29(34)17-18-32(5,33-6)28(3)4;;;;/h27-28H,7-26H2,1-5H3;4*1H4. The van der Waals surface area contributed by atoms with Crippen LogP contribution in [0.5, 0.6) is 0 Å². The summed E-state index contributed by atoms with van der Waals surface area (Å²) in [5, 5.41) is 0. The maximum Gasteiger partial charge on any atom is 0.232 e. The van der Waals surface area contributed by atoms with Gasteiger partial charge in [-0.05, 0) is 25.2 Å². The summed E-state index contributed by atoms with van der Waals surface area (Å²) in [4.78, 5) is 39.5. The summed E-state index contributed by atoms with van der Waals surface area (Å²) >= 11 is 0. The first kappa shape index (κ1) is 51.9. The van der Waals surface area contributed by atoms with Gasteiger partial charge in [-0.25, -0.2) is 6.57 Å². The second kappa shape index (κ2) is 34.2. The molecule has 0 amide bonds. The van der Waals surface area contributed by atoms with Gasteiger partial charge in [0.05, 0.1) is 26.4 Å². The van der Waals surface area contributed by atoms with Crippen LogP contribution in [0.2, 0.25) is 0 Å². The predicted octanol–water partition coefficient (Wildman–Crippen LogP) is 8.98. The summed E-state index contributed by atoms with van der Waals surface area (Å²) in [5.74, 6) is 1.31. The zero-order valence-electron chi connectivity index (χ0n) is 26.1. The molecule has 1 atom stereocenters. The molecule has 0 saturated heterocycles. The number of hydrogen-bond donors (Lipinski definition) is 0. The molecule has 0 aromatic heterocycles. The number of hydrogen-bond acceptors (Lipinski definition) is 7. The van der Waals surface area contributed by atoms with Crippen molar-refractivity contribution in [2.45, 2.75) is 147 Å². The maximum atomic E-state index is 12.1. The van der Waals surface area contributed by atoms with Crippen molar-refractivity contribution in [3.63, 3.8) is 0 Å². The molecule has 0 radical (unpaired) electrons. The highest BCUT2D eigenvalue weighted by Gasteiger charge is 2.34. The van der Waals surface area contributed by atoms with Crippen molar-refractivity contribution in [2.24, 2.45) is 11.8 Å². The lowest BCUT2D eigenvalue weighted by Gasteiger charge is -2.20. The number of carbonyl (C=O) groups is 3. The Labute approximate surface area is 273 Å². The minimum absolute atomic E-state index is 0. The second-order valence-corrected chi connectivity index (χ2v) is 11.6. The van der Waals surface area contributed by atoms with E-state index in [9.17, 15) is 14.4 Å². The van der Waals surface area contributed by atoms with E-state index < -0.39 is 5.54 Å². The summed E-state index contributed by atoms with van der Waals surface area (Å²) < 4.78 is 21.7. The Hall–Kier alpha value is -1.66. The zero-order chi connectivity index (χ0) is 30.1. The van der Waals surface area contributed by atoms with Crippen LogP contribution in [0.15, 0.2) is 0 Å². The van der Waals surface area contributed by atoms with E-state index in [1.165, 1.54) is 19.3 Å². The summed E-state index contributed by atoms with van der Waals surface area (Å²) in [6.45, 7) is 20.4. The summed E-state index contributed by atoms with van der Waals surface area (Å²) in [5.41, 5.74) is -0.475. The average molecular weight is 632 g/mol. The van der Waals surface area contributed by atoms with E-state index >= 15 is 0 Å². The van der Waals surface area contributed by atoms with E-state index in [1.54, 1.807) is 0 Å². The molecular weight excluding hydrogens is 558 g/mol. The van der Waals surface area contributed by atoms with Crippen LogP contribution in [0.3, 0.4) is 0 Å². The summed E-state index contributed by atoms with van der Waals surface area (Å²) in [7, 11) is 0. The summed E-state index contributed by atoms with van der Waals surface area (Å²) in [6.07, 6.45) is 9.46. The molecule has 0 bridgehead atoms. The molecule has 264 valence electrons. The van der Waals surface area contributed by atoms with E-state index in [2.05, 4.69) is 18.7 Å². The molecule has 0 aliphatic heterocycles. The van der Waals surface area contributed by atoms with Crippen LogP contribution in [0, 0.1) is 18.4 Å². The van der Waals surface area contributed by atoms with Gasteiger partial charge < -0.3 is 23.8 Å². The molecule has 0 spiro atoms. The average Bonchev–Trinajstić information content (AvgIpc) is 2.91. The van der Waals surface area contributed by atoms with Crippen molar-refractivity contribution in [1.82, 2.24) is 0 Å². The molecule has 0 fully saturated rings. The molecule has 0 aromatic carbocycles. The fraction of sp³-hybridized carbons (Fsp3) is 0.889. The third kappa shape index (κ3) is 31.8. The van der Waals surface area contributed by atoms with Crippen molar-refractivity contribution in [3.8, 4) is 0 Å². The number of nitrogens with zero attached hydrogens (tertiary/aromatic N) is 1. The fourth-order valence-corrected chi connectivity index (χ4v) is 3.92. The van der Waals surface area contributed by atoms with Crippen molar-refractivity contribution in [1.29, 1.82) is 0 Å². The van der Waals surface area contributed by atoms with Crippen LogP contribution in [0.25, 0.3) is 4.85 Å². The van der Waals surface area contributed by atoms with Gasteiger partial charge in [-0.1, -0.05) is 83.1 Å². The van der Waals surface area contributed by atoms with E-state index in [4.69, 9.17) is 25.5 Å². The van der Waals surface area contributed by atoms with Gasteiger partial charge >= 0.3 is 0 Å². The van der Waals surface area contributed by atoms with Gasteiger partial charge in [-0.15, -0.1) is 0 Å². The minimum atomic E-state index is -0.475. The highest BCUT2D eigenvalue weighted by molar-refractivity contribution is 5.80. The van der Waals surface area contributed by atoms with Gasteiger partial charge in [0.2, 0.25) is 5.54 Å². The van der Waals surface area contributed by atoms with E-state index in [0.717, 1.165) is 18.8 Å². The van der Waals surface area contributed by atoms with Gasteiger partial charge in [-0.2, -0.15) is 0 Å². The molecule has 0 rings (SSSR count). The van der Waals surface area contributed by atoms with Gasteiger partial charge in [0.15, 0.2) is 11.6 Å². The lowest BCUT2D eigenvalue weighted by Crippen LogP contribution is -2.28. The number of rotatable bonds is 29. The lowest BCUT2D eigenvalue weighted by molar-refractivity contribution is -0.125. The summed E-state index contributed by atoms with van der Waals surface area (Å²) in [6, 6.07) is 0. The maximum absolute atomic E-state index is 12.1. The monoisotopic (exact) mass is 632 g/mol. The molecule has 0 heterocycles. The molecule has 44 heavy (non-hydrogen) atoms. The van der Waals surface area contributed by atoms with Crippen molar-refractivity contribution >= 4 is 17.3 Å². The number of Topliss-reactive ketones (excluding diaryl/α,β-unsaturated/α-hetero) is 3. The third-order valence-corrected chi connectivity index (χ3v) is 7.15. The molecule has 0 saturated carbocycles. The van der Waals surface area contributed by atoms with Crippen LogP contribution in [0.1, 0.15) is 141 Å². The fourth-order valence-electron chi connectivity index (χ4n) is 3.92. The smallest absolute Gasteiger partial charge is 0.232 e. The van der Waals surface area contributed by atoms with Crippen LogP contribution < -0.4 is 0 Å². The van der Waals surface area contributed by atoms with Crippen LogP contribution >= 0.6 is 0 Å². The van der Waals surface area contributed by atoms with Crippen LogP contribution in [-0.2, 0) is 33.3 Å². The van der Waals surface area contributed by atoms with Gasteiger partial charge in [0, 0.05) is 58.2 Å². The van der Waals surface area contributed by atoms with Gasteiger partial charge in [0.25, 0.3) is 0 Å². The molecule has 8 nitrogen and oxygen atoms in total. The van der Waals surface area contributed by atoms with E-state index in [-0.39, 0.29) is 66.2 Å². The largest absolute Gasteiger partial charge is 0.379 e. The molecule has 0 aliphatic carbocycles. The second-order valence-electron chi connectivity index (χ2n) is 11.6. The number of ether oxygens (including phenoxy) is 4. The van der Waals surface area contributed by atoms with Crippen LogP contribution in [0.4, 0.5) is 0 Å². The minimum Gasteiger partial charge on any atom is -0.379 e. The Balaban J connectivity index is -0.00000127. The lowest BCUT2D eigenvalue weighted by atomic mass is 9.84. The topological polar surface area (TPSA) is 92.5 Å². The Kier molecular flexibility index (Phi) is 40.4. The highest BCUT2D eigenvalue weighted by atomic mass is 16.5. The highest BCUT2D eigenvalue weighted by Crippen LogP contribution is 2.27. The molecular formula is C36H73NO7.